The second-order valence-corrected chi connectivity index (χ2v) is 3.16. The first-order valence-corrected chi connectivity index (χ1v) is 4.14. The molecule has 0 unspecified atom stereocenters. The molecule has 0 fully saturated rings. The Hall–Kier alpha value is -1.58. The molecule has 0 saturated heterocycles. The van der Waals surface area contributed by atoms with Gasteiger partial charge in [-0.3, -0.25) is 0 Å². The van der Waals surface area contributed by atoms with Gasteiger partial charge in [-0.05, 0) is 5.92 Å². The standard InChI is InChI=1S/C9H10N2O2/c1-6(2)8-5-9(13-11-8)7-3-4-12-10-7/h3-6H,1-2H3. The van der Waals surface area contributed by atoms with Crippen molar-refractivity contribution in [2.24, 2.45) is 0 Å². The molecule has 0 aliphatic rings. The number of hydrogen-bond acceptors (Lipinski definition) is 4. The van der Waals surface area contributed by atoms with Gasteiger partial charge in [0.2, 0.25) is 0 Å². The first kappa shape index (κ1) is 8.04. The van der Waals surface area contributed by atoms with Crippen LogP contribution in [-0.4, -0.2) is 10.3 Å². The predicted octanol–water partition coefficient (Wildman–Crippen LogP) is 2.45. The van der Waals surface area contributed by atoms with Crippen LogP contribution in [0.15, 0.2) is 27.4 Å². The molecule has 0 spiro atoms. The average Bonchev–Trinajstić information content (AvgIpc) is 2.75. The zero-order valence-corrected chi connectivity index (χ0v) is 7.52. The Bertz CT molecular complexity index is 376. The van der Waals surface area contributed by atoms with Crippen LogP contribution in [0.5, 0.6) is 0 Å². The van der Waals surface area contributed by atoms with E-state index in [0.717, 1.165) is 5.69 Å². The van der Waals surface area contributed by atoms with E-state index >= 15 is 0 Å². The van der Waals surface area contributed by atoms with Crippen LogP contribution in [0, 0.1) is 0 Å². The molecule has 2 heterocycles. The molecule has 68 valence electrons. The predicted molar refractivity (Wildman–Crippen MR) is 46.1 cm³/mol. The minimum absolute atomic E-state index is 0.365. The summed E-state index contributed by atoms with van der Waals surface area (Å²) in [6.45, 7) is 4.12. The average molecular weight is 178 g/mol. The van der Waals surface area contributed by atoms with E-state index in [4.69, 9.17) is 9.05 Å². The molecule has 0 atom stereocenters. The van der Waals surface area contributed by atoms with E-state index in [9.17, 15) is 0 Å². The van der Waals surface area contributed by atoms with Gasteiger partial charge in [0.25, 0.3) is 0 Å². The van der Waals surface area contributed by atoms with Crippen molar-refractivity contribution < 1.29 is 9.05 Å². The minimum Gasteiger partial charge on any atom is -0.364 e. The van der Waals surface area contributed by atoms with Crippen LogP contribution in [0.4, 0.5) is 0 Å². The monoisotopic (exact) mass is 178 g/mol. The molecule has 0 aliphatic heterocycles. The summed E-state index contributed by atoms with van der Waals surface area (Å²) in [6.07, 6.45) is 1.51. The van der Waals surface area contributed by atoms with E-state index in [1.807, 2.05) is 6.07 Å². The van der Waals surface area contributed by atoms with Crippen LogP contribution in [0.1, 0.15) is 25.5 Å². The summed E-state index contributed by atoms with van der Waals surface area (Å²) in [5, 5.41) is 7.67. The molecule has 0 N–H and O–H groups in total. The summed E-state index contributed by atoms with van der Waals surface area (Å²) in [6, 6.07) is 3.62. The van der Waals surface area contributed by atoms with Crippen LogP contribution >= 0.6 is 0 Å². The Morgan fingerprint density at radius 1 is 1.31 bits per heavy atom. The Balaban J connectivity index is 2.33. The van der Waals surface area contributed by atoms with Gasteiger partial charge in [0.05, 0.1) is 5.69 Å². The molecule has 0 aliphatic carbocycles. The van der Waals surface area contributed by atoms with Crippen LogP contribution < -0.4 is 0 Å². The van der Waals surface area contributed by atoms with Gasteiger partial charge in [0, 0.05) is 12.1 Å². The Morgan fingerprint density at radius 3 is 2.69 bits per heavy atom. The molecule has 2 aromatic heterocycles. The summed E-state index contributed by atoms with van der Waals surface area (Å²) in [5.41, 5.74) is 1.61. The van der Waals surface area contributed by atoms with Crippen molar-refractivity contribution in [1.82, 2.24) is 10.3 Å². The maximum Gasteiger partial charge on any atom is 0.189 e. The molecule has 0 bridgehead atoms. The molecule has 0 amide bonds. The quantitative estimate of drug-likeness (QED) is 0.708. The van der Waals surface area contributed by atoms with Gasteiger partial charge in [-0.1, -0.05) is 24.2 Å². The fourth-order valence-electron chi connectivity index (χ4n) is 1.02. The van der Waals surface area contributed by atoms with Crippen molar-refractivity contribution in [1.29, 1.82) is 0 Å². The summed E-state index contributed by atoms with van der Waals surface area (Å²) >= 11 is 0. The summed E-state index contributed by atoms with van der Waals surface area (Å²) in [4.78, 5) is 0. The molecule has 2 aromatic rings. The summed E-state index contributed by atoms with van der Waals surface area (Å²) in [7, 11) is 0. The molecule has 4 nitrogen and oxygen atoms in total. The second kappa shape index (κ2) is 3.05. The lowest BCUT2D eigenvalue weighted by Gasteiger charge is -1.92. The van der Waals surface area contributed by atoms with Gasteiger partial charge in [-0.15, -0.1) is 0 Å². The Morgan fingerprint density at radius 2 is 2.15 bits per heavy atom. The normalized spacial score (nSPS) is 11.0. The zero-order valence-electron chi connectivity index (χ0n) is 7.52. The van der Waals surface area contributed by atoms with Gasteiger partial charge in [-0.25, -0.2) is 0 Å². The van der Waals surface area contributed by atoms with E-state index in [2.05, 4.69) is 24.2 Å². The molecular formula is C9H10N2O2. The van der Waals surface area contributed by atoms with E-state index < -0.39 is 0 Å². The fourth-order valence-corrected chi connectivity index (χ4v) is 1.02. The van der Waals surface area contributed by atoms with E-state index in [-0.39, 0.29) is 0 Å². The third-order valence-electron chi connectivity index (χ3n) is 1.81. The topological polar surface area (TPSA) is 52.1 Å². The van der Waals surface area contributed by atoms with Crippen LogP contribution in [-0.2, 0) is 0 Å². The van der Waals surface area contributed by atoms with Gasteiger partial charge in [0.15, 0.2) is 11.5 Å². The smallest absolute Gasteiger partial charge is 0.189 e. The highest BCUT2D eigenvalue weighted by atomic mass is 16.5. The molecule has 4 heteroatoms. The molecule has 13 heavy (non-hydrogen) atoms. The highest BCUT2D eigenvalue weighted by Crippen LogP contribution is 2.21. The van der Waals surface area contributed by atoms with Gasteiger partial charge < -0.3 is 9.05 Å². The maximum atomic E-state index is 5.10. The van der Waals surface area contributed by atoms with Crippen molar-refractivity contribution in [2.45, 2.75) is 19.8 Å². The van der Waals surface area contributed by atoms with Crippen LogP contribution in [0.2, 0.25) is 0 Å². The molecule has 0 saturated carbocycles. The summed E-state index contributed by atoms with van der Waals surface area (Å²) in [5.74, 6) is 1.02. The van der Waals surface area contributed by atoms with E-state index in [1.54, 1.807) is 6.07 Å². The number of nitrogens with zero attached hydrogens (tertiary/aromatic N) is 2. The SMILES string of the molecule is CC(C)c1cc(-c2ccon2)on1. The minimum atomic E-state index is 0.365. The third kappa shape index (κ3) is 1.47. The van der Waals surface area contributed by atoms with Crippen molar-refractivity contribution >= 4 is 0 Å². The Kier molecular flexibility index (Phi) is 1.88. The van der Waals surface area contributed by atoms with Gasteiger partial charge >= 0.3 is 0 Å². The van der Waals surface area contributed by atoms with Crippen molar-refractivity contribution in [3.8, 4) is 11.5 Å². The second-order valence-electron chi connectivity index (χ2n) is 3.16. The fraction of sp³-hybridized carbons (Fsp3) is 0.333. The highest BCUT2D eigenvalue weighted by Gasteiger charge is 2.10. The van der Waals surface area contributed by atoms with Crippen LogP contribution in [0.3, 0.4) is 0 Å². The van der Waals surface area contributed by atoms with Crippen molar-refractivity contribution in [2.75, 3.05) is 0 Å². The van der Waals surface area contributed by atoms with E-state index in [1.165, 1.54) is 6.26 Å². The van der Waals surface area contributed by atoms with E-state index in [0.29, 0.717) is 17.4 Å². The molecule has 0 aromatic carbocycles. The number of hydrogen-bond donors (Lipinski definition) is 0. The molecular weight excluding hydrogens is 168 g/mol. The number of rotatable bonds is 2. The lowest BCUT2D eigenvalue weighted by Crippen LogP contribution is -1.84. The third-order valence-corrected chi connectivity index (χ3v) is 1.81. The lowest BCUT2D eigenvalue weighted by molar-refractivity contribution is 0.401. The largest absolute Gasteiger partial charge is 0.364 e. The van der Waals surface area contributed by atoms with Crippen molar-refractivity contribution in [3.05, 3.63) is 24.1 Å². The van der Waals surface area contributed by atoms with Crippen LogP contribution in [0.25, 0.3) is 11.5 Å². The van der Waals surface area contributed by atoms with Crippen molar-refractivity contribution in [3.63, 3.8) is 0 Å². The van der Waals surface area contributed by atoms with Gasteiger partial charge in [0.1, 0.15) is 6.26 Å². The summed E-state index contributed by atoms with van der Waals surface area (Å²) < 4.78 is 9.80. The zero-order chi connectivity index (χ0) is 9.26. The number of aromatic nitrogens is 2. The first-order chi connectivity index (χ1) is 6.27. The molecule has 2 rings (SSSR count). The lowest BCUT2D eigenvalue weighted by atomic mass is 10.1. The first-order valence-electron chi connectivity index (χ1n) is 4.14. The highest BCUT2D eigenvalue weighted by molar-refractivity contribution is 5.50. The Labute approximate surface area is 75.5 Å². The molecule has 0 radical (unpaired) electrons. The maximum absolute atomic E-state index is 5.10. The van der Waals surface area contributed by atoms with Gasteiger partial charge in [-0.2, -0.15) is 0 Å².